The molecule has 0 aliphatic carbocycles. The second kappa shape index (κ2) is 8.96. The molecule has 0 saturated heterocycles. The zero-order valence-electron chi connectivity index (χ0n) is 16.4. The van der Waals surface area contributed by atoms with E-state index in [4.69, 9.17) is 21.1 Å². The highest BCUT2D eigenvalue weighted by Crippen LogP contribution is 2.23. The van der Waals surface area contributed by atoms with Gasteiger partial charge >= 0.3 is 5.97 Å². The number of fused-ring (bicyclic) bond motifs is 1. The van der Waals surface area contributed by atoms with E-state index < -0.39 is 30.3 Å². The van der Waals surface area contributed by atoms with Crippen molar-refractivity contribution in [3.05, 3.63) is 64.2 Å². The van der Waals surface area contributed by atoms with Crippen molar-refractivity contribution in [3.8, 4) is 5.75 Å². The number of nitrogens with zero attached hydrogens (tertiary/aromatic N) is 2. The van der Waals surface area contributed by atoms with Crippen LogP contribution in [0.2, 0.25) is 5.02 Å². The summed E-state index contributed by atoms with van der Waals surface area (Å²) in [6.07, 6.45) is 0. The first kappa shape index (κ1) is 21.3. The highest BCUT2D eigenvalue weighted by molar-refractivity contribution is 6.30. The average Bonchev–Trinajstić information content (AvgIpc) is 2.96. The second-order valence-electron chi connectivity index (χ2n) is 6.62. The van der Waals surface area contributed by atoms with Crippen LogP contribution in [0.15, 0.2) is 42.5 Å². The molecule has 8 nitrogen and oxygen atoms in total. The van der Waals surface area contributed by atoms with Crippen LogP contribution in [0.3, 0.4) is 0 Å². The maximum Gasteiger partial charge on any atom is 0.338 e. The number of ether oxygens (including phenoxy) is 2. The first-order chi connectivity index (χ1) is 14.3. The van der Waals surface area contributed by atoms with E-state index in [1.807, 2.05) is 0 Å². The Bertz CT molecular complexity index is 1010. The lowest BCUT2D eigenvalue weighted by molar-refractivity contribution is -0.133. The summed E-state index contributed by atoms with van der Waals surface area (Å²) in [6, 6.07) is 10.9. The molecule has 0 fully saturated rings. The van der Waals surface area contributed by atoms with Crippen LogP contribution in [0.4, 0.5) is 0 Å². The topological polar surface area (TPSA) is 93.2 Å². The SMILES string of the molecule is CN(CCOc1ccc(Cl)cc1)C(=O)COC(=O)c1ccc2c(c1)C(=O)N(C)C2=O. The van der Waals surface area contributed by atoms with Gasteiger partial charge in [-0.2, -0.15) is 0 Å². The Morgan fingerprint density at radius 3 is 2.40 bits per heavy atom. The molecule has 1 aliphatic heterocycles. The number of halogens is 1. The predicted molar refractivity (Wildman–Crippen MR) is 108 cm³/mol. The molecular formula is C21H19ClN2O6. The monoisotopic (exact) mass is 430 g/mol. The van der Waals surface area contributed by atoms with Crippen LogP contribution < -0.4 is 4.74 Å². The number of likely N-dealkylation sites (N-methyl/N-ethyl adjacent to an activating group) is 1. The predicted octanol–water partition coefficient (Wildman–Crippen LogP) is 2.26. The number of benzene rings is 2. The van der Waals surface area contributed by atoms with E-state index in [0.717, 1.165) is 4.90 Å². The summed E-state index contributed by atoms with van der Waals surface area (Å²) < 4.78 is 10.6. The van der Waals surface area contributed by atoms with Gasteiger partial charge in [0.05, 0.1) is 23.2 Å². The molecule has 0 bridgehead atoms. The van der Waals surface area contributed by atoms with Gasteiger partial charge in [-0.1, -0.05) is 11.6 Å². The van der Waals surface area contributed by atoms with Gasteiger partial charge < -0.3 is 14.4 Å². The molecule has 1 heterocycles. The van der Waals surface area contributed by atoms with Gasteiger partial charge in [0.25, 0.3) is 17.7 Å². The van der Waals surface area contributed by atoms with E-state index in [0.29, 0.717) is 17.3 Å². The zero-order valence-corrected chi connectivity index (χ0v) is 17.1. The number of carbonyl (C=O) groups excluding carboxylic acids is 4. The third kappa shape index (κ3) is 4.60. The van der Waals surface area contributed by atoms with E-state index in [2.05, 4.69) is 0 Å². The van der Waals surface area contributed by atoms with Gasteiger partial charge in [-0.05, 0) is 42.5 Å². The molecule has 0 atom stereocenters. The van der Waals surface area contributed by atoms with Crippen molar-refractivity contribution in [2.45, 2.75) is 0 Å². The maximum absolute atomic E-state index is 12.2. The van der Waals surface area contributed by atoms with E-state index in [1.165, 1.54) is 30.1 Å². The Balaban J connectivity index is 1.48. The third-order valence-electron chi connectivity index (χ3n) is 4.59. The van der Waals surface area contributed by atoms with Crippen molar-refractivity contribution >= 4 is 35.3 Å². The minimum Gasteiger partial charge on any atom is -0.492 e. The van der Waals surface area contributed by atoms with Gasteiger partial charge in [0.1, 0.15) is 12.4 Å². The molecule has 9 heteroatoms. The summed E-state index contributed by atoms with van der Waals surface area (Å²) in [5.41, 5.74) is 0.460. The lowest BCUT2D eigenvalue weighted by Crippen LogP contribution is -2.34. The van der Waals surface area contributed by atoms with E-state index in [-0.39, 0.29) is 23.3 Å². The summed E-state index contributed by atoms with van der Waals surface area (Å²) in [6.45, 7) is 0.0905. The molecule has 0 N–H and O–H groups in total. The summed E-state index contributed by atoms with van der Waals surface area (Å²) in [7, 11) is 2.94. The summed E-state index contributed by atoms with van der Waals surface area (Å²) in [5, 5.41) is 0.600. The van der Waals surface area contributed by atoms with Gasteiger partial charge in [0.15, 0.2) is 6.61 Å². The van der Waals surface area contributed by atoms with Gasteiger partial charge in [-0.25, -0.2) is 4.79 Å². The van der Waals surface area contributed by atoms with Gasteiger partial charge in [-0.3, -0.25) is 19.3 Å². The van der Waals surface area contributed by atoms with Crippen molar-refractivity contribution in [1.82, 2.24) is 9.80 Å². The van der Waals surface area contributed by atoms with Crippen molar-refractivity contribution in [2.75, 3.05) is 33.9 Å². The standard InChI is InChI=1S/C21H19ClN2O6/c1-23(9-10-29-15-6-4-14(22)5-7-15)18(25)12-30-21(28)13-3-8-16-17(11-13)20(27)24(2)19(16)26/h3-8,11H,9-10,12H2,1-2H3. The molecule has 156 valence electrons. The van der Waals surface area contributed by atoms with Crippen molar-refractivity contribution in [3.63, 3.8) is 0 Å². The lowest BCUT2D eigenvalue weighted by atomic mass is 10.1. The normalized spacial score (nSPS) is 12.6. The number of hydrogen-bond donors (Lipinski definition) is 0. The Hall–Kier alpha value is -3.39. The van der Waals surface area contributed by atoms with Crippen LogP contribution in [0.5, 0.6) is 5.75 Å². The highest BCUT2D eigenvalue weighted by Gasteiger charge is 2.33. The molecule has 1 aliphatic rings. The second-order valence-corrected chi connectivity index (χ2v) is 7.06. The smallest absolute Gasteiger partial charge is 0.338 e. The molecule has 0 saturated carbocycles. The Labute approximate surface area is 177 Å². The van der Waals surface area contributed by atoms with Crippen LogP contribution >= 0.6 is 11.6 Å². The van der Waals surface area contributed by atoms with Crippen LogP contribution in [0.25, 0.3) is 0 Å². The molecule has 0 spiro atoms. The van der Waals surface area contributed by atoms with Gasteiger partial charge in [0.2, 0.25) is 0 Å². The Morgan fingerprint density at radius 2 is 1.70 bits per heavy atom. The maximum atomic E-state index is 12.2. The molecule has 0 radical (unpaired) electrons. The fourth-order valence-corrected chi connectivity index (χ4v) is 2.89. The zero-order chi connectivity index (χ0) is 21.8. The molecule has 3 rings (SSSR count). The van der Waals surface area contributed by atoms with Gasteiger partial charge in [-0.15, -0.1) is 0 Å². The molecule has 2 aromatic carbocycles. The minimum atomic E-state index is -0.758. The van der Waals surface area contributed by atoms with Crippen LogP contribution in [-0.2, 0) is 9.53 Å². The third-order valence-corrected chi connectivity index (χ3v) is 4.84. The number of hydrogen-bond acceptors (Lipinski definition) is 6. The molecule has 30 heavy (non-hydrogen) atoms. The van der Waals surface area contributed by atoms with Crippen molar-refractivity contribution in [1.29, 1.82) is 0 Å². The van der Waals surface area contributed by atoms with Gasteiger partial charge in [0, 0.05) is 19.1 Å². The van der Waals surface area contributed by atoms with Crippen molar-refractivity contribution in [2.24, 2.45) is 0 Å². The highest BCUT2D eigenvalue weighted by atomic mass is 35.5. The lowest BCUT2D eigenvalue weighted by Gasteiger charge is -2.17. The summed E-state index contributed by atoms with van der Waals surface area (Å²) in [4.78, 5) is 50.7. The molecule has 2 aromatic rings. The first-order valence-corrected chi connectivity index (χ1v) is 9.41. The van der Waals surface area contributed by atoms with E-state index >= 15 is 0 Å². The molecule has 3 amide bonds. The fraction of sp³-hybridized carbons (Fsp3) is 0.238. The largest absolute Gasteiger partial charge is 0.492 e. The minimum absolute atomic E-state index is 0.0896. The quantitative estimate of drug-likeness (QED) is 0.494. The van der Waals surface area contributed by atoms with Crippen LogP contribution in [0, 0.1) is 0 Å². The molecule has 0 aromatic heterocycles. The number of imide groups is 1. The Morgan fingerprint density at radius 1 is 1.03 bits per heavy atom. The number of amides is 3. The molecule has 0 unspecified atom stereocenters. The molecular weight excluding hydrogens is 412 g/mol. The number of rotatable bonds is 7. The number of esters is 1. The van der Waals surface area contributed by atoms with Crippen molar-refractivity contribution < 1.29 is 28.7 Å². The van der Waals surface area contributed by atoms with Crippen LogP contribution in [-0.4, -0.2) is 67.3 Å². The van der Waals surface area contributed by atoms with E-state index in [1.54, 1.807) is 31.3 Å². The fourth-order valence-electron chi connectivity index (χ4n) is 2.77. The number of carbonyl (C=O) groups is 4. The summed E-state index contributed by atoms with van der Waals surface area (Å²) in [5.74, 6) is -1.45. The van der Waals surface area contributed by atoms with Crippen LogP contribution in [0.1, 0.15) is 31.1 Å². The van der Waals surface area contributed by atoms with E-state index in [9.17, 15) is 19.2 Å². The first-order valence-electron chi connectivity index (χ1n) is 9.04. The Kier molecular flexibility index (Phi) is 6.37. The summed E-state index contributed by atoms with van der Waals surface area (Å²) >= 11 is 5.81. The average molecular weight is 431 g/mol.